The van der Waals surface area contributed by atoms with Gasteiger partial charge in [-0.3, -0.25) is 0 Å². The van der Waals surface area contributed by atoms with E-state index in [2.05, 4.69) is 12.5 Å². The van der Waals surface area contributed by atoms with Crippen LogP contribution in [0.4, 0.5) is 0 Å². The van der Waals surface area contributed by atoms with E-state index in [0.29, 0.717) is 21.4 Å². The van der Waals surface area contributed by atoms with Crippen LogP contribution in [0.1, 0.15) is 0 Å². The third-order valence-electron chi connectivity index (χ3n) is 2.06. The first kappa shape index (κ1) is 12.7. The zero-order valence-corrected chi connectivity index (χ0v) is 11.8. The van der Waals surface area contributed by atoms with Crippen molar-refractivity contribution in [1.82, 2.24) is 0 Å². The summed E-state index contributed by atoms with van der Waals surface area (Å²) in [5.41, 5.74) is 0. The Hall–Kier alpha value is 1.28. The summed E-state index contributed by atoms with van der Waals surface area (Å²) < 4.78 is 16.9. The molecule has 0 spiro atoms. The lowest BCUT2D eigenvalue weighted by molar-refractivity contribution is 0.418. The Morgan fingerprint density at radius 3 is 1.67 bits per heavy atom. The zero-order valence-electron chi connectivity index (χ0n) is 8.58. The minimum atomic E-state index is 0.385. The summed E-state index contributed by atoms with van der Waals surface area (Å²) in [6.07, 6.45) is 4.94. The summed E-state index contributed by atoms with van der Waals surface area (Å²) in [5, 5.41) is 0. The Bertz CT molecular complexity index is 178. The molecule has 2 saturated heterocycles. The van der Waals surface area contributed by atoms with Crippen molar-refractivity contribution in [2.45, 2.75) is 21.4 Å². The lowest BCUT2D eigenvalue weighted by Crippen LogP contribution is -2.08. The molecule has 0 aromatic rings. The summed E-state index contributed by atoms with van der Waals surface area (Å²) in [6, 6.07) is 0. The molecular weight excluding hydrogens is 272 g/mol. The maximum absolute atomic E-state index is 5.57. The van der Waals surface area contributed by atoms with Crippen LogP contribution in [0, 0.1) is 0 Å². The monoisotopic (exact) mass is 286 g/mol. The van der Waals surface area contributed by atoms with E-state index < -0.39 is 0 Å². The van der Waals surface area contributed by atoms with Crippen molar-refractivity contribution in [2.24, 2.45) is 0 Å². The third kappa shape index (κ3) is 4.22. The maximum Gasteiger partial charge on any atom is 0.106 e. The van der Waals surface area contributed by atoms with E-state index in [1.807, 2.05) is 0 Å². The van der Waals surface area contributed by atoms with Gasteiger partial charge in [0.25, 0.3) is 0 Å². The van der Waals surface area contributed by atoms with Crippen LogP contribution in [0.5, 0.6) is 0 Å². The molecular formula is C8H14O3S4. The molecule has 2 heterocycles. The predicted octanol–water partition coefficient (Wildman–Crippen LogP) is 2.48. The first-order valence-electron chi connectivity index (χ1n) is 4.62. The van der Waals surface area contributed by atoms with Crippen LogP contribution in [0.2, 0.25) is 0 Å². The minimum absolute atomic E-state index is 0.385. The van der Waals surface area contributed by atoms with Gasteiger partial charge in [-0.15, -0.1) is 23.5 Å². The van der Waals surface area contributed by atoms with E-state index in [1.54, 1.807) is 23.5 Å². The lowest BCUT2D eigenvalue weighted by Gasteiger charge is -2.12. The fourth-order valence-electron chi connectivity index (χ4n) is 1.03. The standard InChI is InChI=1S/C8H14O3S4/c1-12-7(5-3-9-5)14-11-15-8(13-2)6-4-10-6/h5-8H,3-4H2,1-2H3. The first-order valence-corrected chi connectivity index (χ1v) is 8.81. The first-order chi connectivity index (χ1) is 7.35. The van der Waals surface area contributed by atoms with Crippen LogP contribution in [0.3, 0.4) is 0 Å². The van der Waals surface area contributed by atoms with Gasteiger partial charge in [-0.05, 0) is 12.5 Å². The molecule has 0 aromatic carbocycles. The van der Waals surface area contributed by atoms with Gasteiger partial charge in [0.2, 0.25) is 0 Å². The van der Waals surface area contributed by atoms with Crippen molar-refractivity contribution in [3.05, 3.63) is 0 Å². The van der Waals surface area contributed by atoms with Crippen molar-refractivity contribution in [1.29, 1.82) is 0 Å². The molecule has 0 radical (unpaired) electrons. The Balaban J connectivity index is 1.59. The molecule has 0 aromatic heterocycles. The van der Waals surface area contributed by atoms with E-state index in [1.165, 1.54) is 24.1 Å². The highest BCUT2D eigenvalue weighted by Gasteiger charge is 2.36. The van der Waals surface area contributed by atoms with E-state index in [4.69, 9.17) is 13.1 Å². The van der Waals surface area contributed by atoms with E-state index >= 15 is 0 Å². The smallest absolute Gasteiger partial charge is 0.106 e. The number of hydrogen-bond donors (Lipinski definition) is 0. The molecule has 0 amide bonds. The molecule has 2 fully saturated rings. The molecule has 0 bridgehead atoms. The molecule has 7 heteroatoms. The summed E-state index contributed by atoms with van der Waals surface area (Å²) >= 11 is 6.60. The molecule has 15 heavy (non-hydrogen) atoms. The Labute approximate surface area is 108 Å². The molecule has 2 rings (SSSR count). The Morgan fingerprint density at radius 1 is 1.00 bits per heavy atom. The van der Waals surface area contributed by atoms with E-state index in [0.717, 1.165) is 13.2 Å². The number of ether oxygens (including phenoxy) is 2. The second kappa shape index (κ2) is 6.28. The number of epoxide rings is 2. The third-order valence-corrected chi connectivity index (χ3v) is 6.84. The highest BCUT2D eigenvalue weighted by Crippen LogP contribution is 2.40. The van der Waals surface area contributed by atoms with Gasteiger partial charge in [0.15, 0.2) is 0 Å². The Kier molecular flexibility index (Phi) is 5.33. The quantitative estimate of drug-likeness (QED) is 0.385. The van der Waals surface area contributed by atoms with Gasteiger partial charge in [0.05, 0.1) is 13.2 Å². The van der Waals surface area contributed by atoms with Crippen molar-refractivity contribution < 1.29 is 13.1 Å². The van der Waals surface area contributed by atoms with Crippen molar-refractivity contribution >= 4 is 47.6 Å². The van der Waals surface area contributed by atoms with Crippen LogP contribution >= 0.6 is 47.6 Å². The largest absolute Gasteiger partial charge is 0.371 e. The van der Waals surface area contributed by atoms with Gasteiger partial charge in [-0.1, -0.05) is 0 Å². The maximum atomic E-state index is 5.57. The van der Waals surface area contributed by atoms with Crippen LogP contribution in [-0.4, -0.2) is 47.1 Å². The van der Waals surface area contributed by atoms with Gasteiger partial charge >= 0.3 is 0 Å². The van der Waals surface area contributed by atoms with E-state index in [9.17, 15) is 0 Å². The molecule has 0 N–H and O–H groups in total. The molecule has 2 aliphatic heterocycles. The van der Waals surface area contributed by atoms with Gasteiger partial charge in [0.1, 0.15) is 21.4 Å². The Morgan fingerprint density at radius 2 is 1.40 bits per heavy atom. The normalized spacial score (nSPS) is 32.4. The van der Waals surface area contributed by atoms with Crippen LogP contribution < -0.4 is 0 Å². The number of hydrogen-bond acceptors (Lipinski definition) is 7. The lowest BCUT2D eigenvalue weighted by atomic mass is 10.6. The molecule has 88 valence electrons. The van der Waals surface area contributed by atoms with Gasteiger partial charge in [-0.25, -0.2) is 3.63 Å². The van der Waals surface area contributed by atoms with Crippen molar-refractivity contribution in [2.75, 3.05) is 25.7 Å². The molecule has 2 aliphatic rings. The van der Waals surface area contributed by atoms with Crippen molar-refractivity contribution in [3.8, 4) is 0 Å². The predicted molar refractivity (Wildman–Crippen MR) is 70.4 cm³/mol. The number of rotatable bonds is 8. The average molecular weight is 286 g/mol. The summed E-state index contributed by atoms with van der Waals surface area (Å²) in [6.45, 7) is 1.76. The molecule has 0 saturated carbocycles. The zero-order chi connectivity index (χ0) is 10.7. The second-order valence-corrected chi connectivity index (χ2v) is 7.71. The minimum Gasteiger partial charge on any atom is -0.371 e. The fourth-order valence-corrected chi connectivity index (χ4v) is 4.52. The number of thioether (sulfide) groups is 2. The highest BCUT2D eigenvalue weighted by atomic mass is 32.3. The SMILES string of the molecule is CSC(SOSC(SC)C1CO1)C1CO1. The molecule has 4 atom stereocenters. The topological polar surface area (TPSA) is 34.3 Å². The average Bonchev–Trinajstić information content (AvgIpc) is 3.09. The molecule has 4 unspecified atom stereocenters. The fraction of sp³-hybridized carbons (Fsp3) is 1.00. The molecule has 0 aliphatic carbocycles. The van der Waals surface area contributed by atoms with Crippen molar-refractivity contribution in [3.63, 3.8) is 0 Å². The summed E-state index contributed by atoms with van der Waals surface area (Å²) in [7, 11) is 0. The molecule has 3 nitrogen and oxygen atoms in total. The summed E-state index contributed by atoms with van der Waals surface area (Å²) in [4.78, 5) is 0. The van der Waals surface area contributed by atoms with Gasteiger partial charge < -0.3 is 9.47 Å². The summed E-state index contributed by atoms with van der Waals surface area (Å²) in [5.74, 6) is 0. The van der Waals surface area contributed by atoms with Crippen LogP contribution in [-0.2, 0) is 13.1 Å². The van der Waals surface area contributed by atoms with E-state index in [-0.39, 0.29) is 0 Å². The van der Waals surface area contributed by atoms with Gasteiger partial charge in [0, 0.05) is 24.1 Å². The van der Waals surface area contributed by atoms with Gasteiger partial charge in [-0.2, -0.15) is 0 Å². The van der Waals surface area contributed by atoms with Crippen LogP contribution in [0.15, 0.2) is 0 Å². The van der Waals surface area contributed by atoms with Crippen LogP contribution in [0.25, 0.3) is 0 Å². The highest BCUT2D eigenvalue weighted by molar-refractivity contribution is 8.21. The second-order valence-electron chi connectivity index (χ2n) is 3.21.